The second-order valence-corrected chi connectivity index (χ2v) is 5.25. The lowest BCUT2D eigenvalue weighted by atomic mass is 10.0. The number of aryl methyl sites for hydroxylation is 1. The Bertz CT molecular complexity index is 596. The molecular weight excluding hydrogens is 252 g/mol. The van der Waals surface area contributed by atoms with Crippen molar-refractivity contribution in [3.05, 3.63) is 22.5 Å². The van der Waals surface area contributed by atoms with Crippen LogP contribution in [0.15, 0.2) is 5.38 Å². The molecule has 0 radical (unpaired) electrons. The number of aromatic carboxylic acids is 1. The number of ether oxygens (including phenoxy) is 1. The van der Waals surface area contributed by atoms with E-state index in [1.54, 1.807) is 4.40 Å². The molecule has 18 heavy (non-hydrogen) atoms. The zero-order valence-electron chi connectivity index (χ0n) is 10.0. The highest BCUT2D eigenvalue weighted by molar-refractivity contribution is 7.15. The van der Waals surface area contributed by atoms with Crippen LogP contribution in [0.2, 0.25) is 0 Å². The number of carbonyl (C=O) groups is 1. The van der Waals surface area contributed by atoms with Crippen LogP contribution in [-0.4, -0.2) is 33.7 Å². The van der Waals surface area contributed by atoms with Crippen molar-refractivity contribution in [3.63, 3.8) is 0 Å². The summed E-state index contributed by atoms with van der Waals surface area (Å²) in [5.74, 6) is -0.787. The molecule has 2 aromatic heterocycles. The van der Waals surface area contributed by atoms with Gasteiger partial charge in [0, 0.05) is 23.6 Å². The summed E-state index contributed by atoms with van der Waals surface area (Å²) in [6, 6.07) is 0. The van der Waals surface area contributed by atoms with Gasteiger partial charge in [0.05, 0.1) is 12.3 Å². The van der Waals surface area contributed by atoms with Crippen molar-refractivity contribution in [3.8, 4) is 0 Å². The number of fused-ring (bicyclic) bond motifs is 1. The maximum absolute atomic E-state index is 11.5. The number of rotatable bonds is 3. The second kappa shape index (κ2) is 4.37. The van der Waals surface area contributed by atoms with Gasteiger partial charge in [-0.25, -0.2) is 9.78 Å². The van der Waals surface area contributed by atoms with Gasteiger partial charge in [-0.2, -0.15) is 0 Å². The van der Waals surface area contributed by atoms with Crippen molar-refractivity contribution >= 4 is 22.3 Å². The van der Waals surface area contributed by atoms with E-state index in [0.717, 1.165) is 23.5 Å². The molecule has 1 unspecified atom stereocenters. The molecule has 1 N–H and O–H groups in total. The largest absolute Gasteiger partial charge is 0.477 e. The molecule has 1 saturated heterocycles. The summed E-state index contributed by atoms with van der Waals surface area (Å²) >= 11 is 1.50. The van der Waals surface area contributed by atoms with E-state index in [4.69, 9.17) is 4.74 Å². The Morgan fingerprint density at radius 2 is 2.56 bits per heavy atom. The van der Waals surface area contributed by atoms with Gasteiger partial charge in [0.15, 0.2) is 10.7 Å². The highest BCUT2D eigenvalue weighted by atomic mass is 32.1. The van der Waals surface area contributed by atoms with Gasteiger partial charge in [-0.1, -0.05) is 6.92 Å². The SMILES string of the molecule is CCc1csc2nc(C3CCOC3)c(C(=O)O)n12. The van der Waals surface area contributed by atoms with Crippen LogP contribution in [-0.2, 0) is 11.2 Å². The first-order chi connectivity index (χ1) is 8.72. The van der Waals surface area contributed by atoms with Crippen molar-refractivity contribution in [1.82, 2.24) is 9.38 Å². The number of carboxylic acids is 1. The third-order valence-electron chi connectivity index (χ3n) is 3.34. The highest BCUT2D eigenvalue weighted by Gasteiger charge is 2.29. The van der Waals surface area contributed by atoms with Crippen LogP contribution in [0.25, 0.3) is 4.96 Å². The lowest BCUT2D eigenvalue weighted by molar-refractivity contribution is 0.0687. The minimum Gasteiger partial charge on any atom is -0.477 e. The topological polar surface area (TPSA) is 63.8 Å². The van der Waals surface area contributed by atoms with Gasteiger partial charge < -0.3 is 9.84 Å². The number of imidazole rings is 1. The number of thiazole rings is 1. The minimum absolute atomic E-state index is 0.118. The average molecular weight is 266 g/mol. The van der Waals surface area contributed by atoms with Gasteiger partial charge >= 0.3 is 5.97 Å². The van der Waals surface area contributed by atoms with Gasteiger partial charge in [0.25, 0.3) is 0 Å². The van der Waals surface area contributed by atoms with Crippen molar-refractivity contribution < 1.29 is 14.6 Å². The first-order valence-corrected chi connectivity index (χ1v) is 6.90. The van der Waals surface area contributed by atoms with Crippen LogP contribution < -0.4 is 0 Å². The van der Waals surface area contributed by atoms with Crippen LogP contribution in [0.4, 0.5) is 0 Å². The van der Waals surface area contributed by atoms with Gasteiger partial charge in [-0.05, 0) is 12.8 Å². The number of nitrogens with zero attached hydrogens (tertiary/aromatic N) is 2. The lowest BCUT2D eigenvalue weighted by Gasteiger charge is -2.06. The van der Waals surface area contributed by atoms with E-state index in [1.165, 1.54) is 11.3 Å². The van der Waals surface area contributed by atoms with Crippen molar-refractivity contribution in [2.75, 3.05) is 13.2 Å². The zero-order valence-corrected chi connectivity index (χ0v) is 10.9. The summed E-state index contributed by atoms with van der Waals surface area (Å²) in [6.45, 7) is 3.29. The third kappa shape index (κ3) is 1.64. The smallest absolute Gasteiger partial charge is 0.354 e. The molecule has 2 aromatic rings. The van der Waals surface area contributed by atoms with E-state index in [2.05, 4.69) is 4.98 Å². The van der Waals surface area contributed by atoms with Gasteiger partial charge in [-0.15, -0.1) is 11.3 Å². The van der Waals surface area contributed by atoms with E-state index >= 15 is 0 Å². The molecule has 96 valence electrons. The summed E-state index contributed by atoms with van der Waals surface area (Å²) in [6.07, 6.45) is 1.66. The Balaban J connectivity index is 2.21. The predicted octanol–water partition coefficient (Wildman–Crippen LogP) is 2.16. The maximum Gasteiger partial charge on any atom is 0.354 e. The first-order valence-electron chi connectivity index (χ1n) is 6.02. The Labute approximate surface area is 108 Å². The van der Waals surface area contributed by atoms with Crippen LogP contribution >= 0.6 is 11.3 Å². The monoisotopic (exact) mass is 266 g/mol. The molecule has 0 aromatic carbocycles. The molecule has 1 aliphatic rings. The number of hydrogen-bond acceptors (Lipinski definition) is 4. The van der Waals surface area contributed by atoms with Crippen LogP contribution in [0.1, 0.15) is 41.1 Å². The van der Waals surface area contributed by atoms with Gasteiger partial charge in [0.2, 0.25) is 0 Å². The zero-order chi connectivity index (χ0) is 12.7. The van der Waals surface area contributed by atoms with E-state index in [9.17, 15) is 9.90 Å². The van der Waals surface area contributed by atoms with E-state index < -0.39 is 5.97 Å². The Morgan fingerprint density at radius 3 is 3.17 bits per heavy atom. The van der Waals surface area contributed by atoms with Crippen LogP contribution in [0.5, 0.6) is 0 Å². The molecule has 6 heteroatoms. The molecule has 3 rings (SSSR count). The Kier molecular flexibility index (Phi) is 2.83. The summed E-state index contributed by atoms with van der Waals surface area (Å²) in [4.78, 5) is 16.8. The fourth-order valence-corrected chi connectivity index (χ4v) is 3.40. The molecule has 3 heterocycles. The molecule has 0 bridgehead atoms. The van der Waals surface area contributed by atoms with Crippen molar-refractivity contribution in [2.45, 2.75) is 25.7 Å². The number of aromatic nitrogens is 2. The predicted molar refractivity (Wildman–Crippen MR) is 67.6 cm³/mol. The Hall–Kier alpha value is -1.40. The minimum atomic E-state index is -0.905. The molecule has 0 spiro atoms. The first kappa shape index (κ1) is 11.7. The average Bonchev–Trinajstić information content (AvgIpc) is 3.03. The van der Waals surface area contributed by atoms with Gasteiger partial charge in [-0.3, -0.25) is 4.40 Å². The Morgan fingerprint density at radius 1 is 1.72 bits per heavy atom. The second-order valence-electron chi connectivity index (χ2n) is 4.41. The van der Waals surface area contributed by atoms with Crippen molar-refractivity contribution in [1.29, 1.82) is 0 Å². The third-order valence-corrected chi connectivity index (χ3v) is 4.22. The normalized spacial score (nSPS) is 19.7. The van der Waals surface area contributed by atoms with Crippen LogP contribution in [0.3, 0.4) is 0 Å². The quantitative estimate of drug-likeness (QED) is 0.924. The number of carboxylic acid groups (broad SMARTS) is 1. The highest BCUT2D eigenvalue weighted by Crippen LogP contribution is 2.31. The molecule has 1 fully saturated rings. The number of hydrogen-bond donors (Lipinski definition) is 1. The van der Waals surface area contributed by atoms with Crippen LogP contribution in [0, 0.1) is 0 Å². The fraction of sp³-hybridized carbons (Fsp3) is 0.500. The standard InChI is InChI=1S/C12H14N2O3S/c1-2-8-6-18-12-13-9(7-3-4-17-5-7)10(11(15)16)14(8)12/h6-7H,2-5H2,1H3,(H,15,16). The van der Waals surface area contributed by atoms with E-state index in [1.807, 2.05) is 12.3 Å². The molecule has 1 aliphatic heterocycles. The summed E-state index contributed by atoms with van der Waals surface area (Å²) < 4.78 is 7.12. The van der Waals surface area contributed by atoms with Crippen molar-refractivity contribution in [2.24, 2.45) is 0 Å². The lowest BCUT2D eigenvalue weighted by Crippen LogP contribution is -2.10. The molecule has 0 saturated carbocycles. The van der Waals surface area contributed by atoms with E-state index in [-0.39, 0.29) is 5.92 Å². The molecule has 1 atom stereocenters. The molecular formula is C12H14N2O3S. The van der Waals surface area contributed by atoms with E-state index in [0.29, 0.717) is 24.6 Å². The summed E-state index contributed by atoms with van der Waals surface area (Å²) in [5.41, 5.74) is 2.00. The van der Waals surface area contributed by atoms with Gasteiger partial charge in [0.1, 0.15) is 0 Å². The molecule has 0 aliphatic carbocycles. The summed E-state index contributed by atoms with van der Waals surface area (Å²) in [5, 5.41) is 11.4. The maximum atomic E-state index is 11.5. The molecule has 5 nitrogen and oxygen atoms in total. The summed E-state index contributed by atoms with van der Waals surface area (Å²) in [7, 11) is 0. The fourth-order valence-electron chi connectivity index (χ4n) is 2.42. The molecule has 0 amide bonds.